The zero-order chi connectivity index (χ0) is 15.4. The van der Waals surface area contributed by atoms with E-state index in [0.717, 1.165) is 0 Å². The Labute approximate surface area is 141 Å². The van der Waals surface area contributed by atoms with Gasteiger partial charge < -0.3 is 19.2 Å². The van der Waals surface area contributed by atoms with Crippen LogP contribution >= 0.6 is 0 Å². The number of hydrogen-bond donors (Lipinski definition) is 0. The lowest BCUT2D eigenvalue weighted by molar-refractivity contribution is -0.0977. The third-order valence-electron chi connectivity index (χ3n) is 6.54. The zero-order valence-corrected chi connectivity index (χ0v) is 14.5. The van der Waals surface area contributed by atoms with E-state index in [9.17, 15) is 0 Å². The molecule has 0 aromatic heterocycles. The van der Waals surface area contributed by atoms with Crippen LogP contribution in [-0.4, -0.2) is 109 Å². The first-order chi connectivity index (χ1) is 11.3. The standard InChI is InChI=1S/C15H29B2N6/c1-17-22-12-4-8-18-6-2-10-20(14(18)22)16-21-11-3-7-19-9-5-13-23(17)15(19)21/h14-15H,2-13H2,1H3. The van der Waals surface area contributed by atoms with Crippen molar-refractivity contribution in [3.8, 4) is 0 Å². The Kier molecular flexibility index (Phi) is 3.96. The largest absolute Gasteiger partial charge is 0.317 e. The van der Waals surface area contributed by atoms with Gasteiger partial charge in [0.15, 0.2) is 0 Å². The van der Waals surface area contributed by atoms with Crippen LogP contribution in [0.25, 0.3) is 0 Å². The van der Waals surface area contributed by atoms with Gasteiger partial charge in [-0.25, -0.2) is 0 Å². The topological polar surface area (TPSA) is 19.4 Å². The molecule has 0 bridgehead atoms. The summed E-state index contributed by atoms with van der Waals surface area (Å²) in [6.45, 7) is 13.0. The van der Waals surface area contributed by atoms with Gasteiger partial charge in [0.1, 0.15) is 12.6 Å². The van der Waals surface area contributed by atoms with Crippen LogP contribution in [0.4, 0.5) is 0 Å². The summed E-state index contributed by atoms with van der Waals surface area (Å²) in [5.41, 5.74) is 0. The second-order valence-electron chi connectivity index (χ2n) is 7.88. The van der Waals surface area contributed by atoms with Gasteiger partial charge in [-0.05, 0) is 51.9 Å². The highest BCUT2D eigenvalue weighted by Crippen LogP contribution is 2.31. The molecule has 0 aromatic carbocycles. The molecule has 5 saturated heterocycles. The number of rotatable bonds is 0. The normalized spacial score (nSPS) is 38.4. The molecule has 0 aliphatic carbocycles. The van der Waals surface area contributed by atoms with Crippen molar-refractivity contribution in [3.63, 3.8) is 0 Å². The molecule has 0 saturated carbocycles. The van der Waals surface area contributed by atoms with Crippen molar-refractivity contribution in [3.05, 3.63) is 0 Å². The van der Waals surface area contributed by atoms with Crippen molar-refractivity contribution < 1.29 is 0 Å². The van der Waals surface area contributed by atoms with Crippen molar-refractivity contribution in [2.75, 3.05) is 52.4 Å². The molecule has 6 nitrogen and oxygen atoms in total. The summed E-state index contributed by atoms with van der Waals surface area (Å²) < 4.78 is 0. The van der Waals surface area contributed by atoms with Crippen molar-refractivity contribution in [2.45, 2.75) is 45.1 Å². The molecule has 5 rings (SSSR count). The van der Waals surface area contributed by atoms with Gasteiger partial charge >= 0.3 is 14.5 Å². The van der Waals surface area contributed by atoms with Crippen LogP contribution in [0.5, 0.6) is 0 Å². The van der Waals surface area contributed by atoms with Crippen LogP contribution in [0.1, 0.15) is 25.7 Å². The molecule has 1 radical (unpaired) electrons. The fraction of sp³-hybridized carbons (Fsp3) is 1.00. The second-order valence-corrected chi connectivity index (χ2v) is 7.88. The summed E-state index contributed by atoms with van der Waals surface area (Å²) in [6.07, 6.45) is 6.24. The fourth-order valence-corrected chi connectivity index (χ4v) is 5.57. The molecule has 2 atom stereocenters. The molecule has 5 aliphatic heterocycles. The molecule has 23 heavy (non-hydrogen) atoms. The zero-order valence-electron chi connectivity index (χ0n) is 14.5. The van der Waals surface area contributed by atoms with Crippen molar-refractivity contribution in [1.29, 1.82) is 0 Å². The molecular weight excluding hydrogens is 286 g/mol. The van der Waals surface area contributed by atoms with E-state index in [4.69, 9.17) is 0 Å². The van der Waals surface area contributed by atoms with Crippen LogP contribution in [0.3, 0.4) is 0 Å². The molecular formula is C15H29B2N6. The van der Waals surface area contributed by atoms with Crippen LogP contribution < -0.4 is 0 Å². The predicted molar refractivity (Wildman–Crippen MR) is 93.4 cm³/mol. The van der Waals surface area contributed by atoms with Crippen molar-refractivity contribution in [2.24, 2.45) is 0 Å². The Hall–Kier alpha value is -0.110. The van der Waals surface area contributed by atoms with Crippen LogP contribution in [0, 0.1) is 0 Å². The van der Waals surface area contributed by atoms with Gasteiger partial charge in [-0.2, -0.15) is 0 Å². The first-order valence-electron chi connectivity index (χ1n) is 9.69. The number of hydrogen-bond acceptors (Lipinski definition) is 6. The quantitative estimate of drug-likeness (QED) is 0.565. The Morgan fingerprint density at radius 2 is 1.09 bits per heavy atom. The monoisotopic (exact) mass is 315 g/mol. The maximum absolute atomic E-state index is 2.77. The Balaban J connectivity index is 1.51. The lowest BCUT2D eigenvalue weighted by Crippen LogP contribution is -2.79. The minimum Gasteiger partial charge on any atom is -0.305 e. The maximum atomic E-state index is 2.77. The van der Waals surface area contributed by atoms with E-state index in [-0.39, 0.29) is 0 Å². The minimum absolute atomic E-state index is 0.491. The average molecular weight is 315 g/mol. The van der Waals surface area contributed by atoms with Crippen LogP contribution in [0.15, 0.2) is 0 Å². The van der Waals surface area contributed by atoms with Gasteiger partial charge in [-0.15, -0.1) is 0 Å². The summed E-state index contributed by atoms with van der Waals surface area (Å²) in [6, 6.07) is 0. The van der Waals surface area contributed by atoms with Gasteiger partial charge in [0, 0.05) is 26.2 Å². The summed E-state index contributed by atoms with van der Waals surface area (Å²) in [5.74, 6) is 0. The van der Waals surface area contributed by atoms with Gasteiger partial charge in [0.05, 0.1) is 0 Å². The molecule has 2 unspecified atom stereocenters. The first-order valence-corrected chi connectivity index (χ1v) is 9.69. The van der Waals surface area contributed by atoms with Crippen molar-refractivity contribution in [1.82, 2.24) is 29.0 Å². The van der Waals surface area contributed by atoms with Crippen LogP contribution in [-0.2, 0) is 0 Å². The molecule has 5 heterocycles. The molecule has 8 heteroatoms. The Morgan fingerprint density at radius 3 is 1.57 bits per heavy atom. The minimum atomic E-state index is 0.491. The van der Waals surface area contributed by atoms with Gasteiger partial charge in [-0.1, -0.05) is 6.82 Å². The Bertz CT molecular complexity index is 412. The first kappa shape index (κ1) is 15.2. The van der Waals surface area contributed by atoms with E-state index in [0.29, 0.717) is 19.6 Å². The summed E-state index contributed by atoms with van der Waals surface area (Å²) in [7, 11) is 2.50. The molecule has 0 amide bonds. The lowest BCUT2D eigenvalue weighted by Gasteiger charge is -2.62. The van der Waals surface area contributed by atoms with Gasteiger partial charge in [0.2, 0.25) is 0 Å². The second kappa shape index (κ2) is 6.00. The SMILES string of the molecule is CB1N2CCCN3CCCN([B]N4CCCN5CCCN1C45)C32. The van der Waals surface area contributed by atoms with Gasteiger partial charge in [-0.3, -0.25) is 9.80 Å². The van der Waals surface area contributed by atoms with E-state index in [2.05, 4.69) is 43.4 Å². The average Bonchev–Trinajstić information content (AvgIpc) is 2.60. The van der Waals surface area contributed by atoms with Gasteiger partial charge in [0.25, 0.3) is 0 Å². The predicted octanol–water partition coefficient (Wildman–Crippen LogP) is -0.354. The Morgan fingerprint density at radius 1 is 0.652 bits per heavy atom. The highest BCUT2D eigenvalue weighted by atomic mass is 15.6. The van der Waals surface area contributed by atoms with E-state index in [1.807, 2.05) is 0 Å². The van der Waals surface area contributed by atoms with E-state index >= 15 is 0 Å². The summed E-state index contributed by atoms with van der Waals surface area (Å²) in [4.78, 5) is 16.3. The van der Waals surface area contributed by atoms with E-state index < -0.39 is 0 Å². The molecule has 5 fully saturated rings. The number of nitrogens with zero attached hydrogens (tertiary/aromatic N) is 6. The smallest absolute Gasteiger partial charge is 0.305 e. The lowest BCUT2D eigenvalue weighted by atomic mass is 9.71. The third kappa shape index (κ3) is 2.41. The maximum Gasteiger partial charge on any atom is 0.317 e. The molecule has 0 N–H and O–H groups in total. The molecule has 125 valence electrons. The third-order valence-corrected chi connectivity index (χ3v) is 6.54. The van der Waals surface area contributed by atoms with E-state index in [1.54, 1.807) is 0 Å². The highest BCUT2D eigenvalue weighted by molar-refractivity contribution is 6.51. The van der Waals surface area contributed by atoms with Crippen LogP contribution in [0.2, 0.25) is 6.82 Å². The molecule has 0 aromatic rings. The van der Waals surface area contributed by atoms with Crippen molar-refractivity contribution >= 4 is 14.5 Å². The molecule has 0 spiro atoms. The molecule has 5 aliphatic rings. The van der Waals surface area contributed by atoms with E-state index in [1.165, 1.54) is 78.0 Å². The summed E-state index contributed by atoms with van der Waals surface area (Å²) >= 11 is 0. The highest BCUT2D eigenvalue weighted by Gasteiger charge is 2.49. The summed E-state index contributed by atoms with van der Waals surface area (Å²) in [5, 5.41) is 0. The fourth-order valence-electron chi connectivity index (χ4n) is 5.57.